The van der Waals surface area contributed by atoms with E-state index in [1.165, 1.54) is 18.6 Å². The summed E-state index contributed by atoms with van der Waals surface area (Å²) in [6.45, 7) is 7.39. The molecule has 0 bridgehead atoms. The van der Waals surface area contributed by atoms with Crippen molar-refractivity contribution in [3.8, 4) is 0 Å². The zero-order chi connectivity index (χ0) is 17.7. The van der Waals surface area contributed by atoms with Crippen molar-refractivity contribution < 1.29 is 13.2 Å². The van der Waals surface area contributed by atoms with Crippen LogP contribution in [0.4, 0.5) is 0 Å². The first kappa shape index (κ1) is 18.9. The van der Waals surface area contributed by atoms with E-state index in [-0.39, 0.29) is 10.8 Å². The van der Waals surface area contributed by atoms with Gasteiger partial charge in [0, 0.05) is 19.6 Å². The van der Waals surface area contributed by atoms with Gasteiger partial charge in [-0.2, -0.15) is 0 Å². The number of rotatable bonds is 6. The molecular weight excluding hydrogens is 326 g/mol. The number of piperidine rings is 1. The molecule has 0 aromatic heterocycles. The Kier molecular flexibility index (Phi) is 6.37. The Morgan fingerprint density at radius 2 is 1.79 bits per heavy atom. The summed E-state index contributed by atoms with van der Waals surface area (Å²) in [6.07, 6.45) is 1.88. The van der Waals surface area contributed by atoms with Gasteiger partial charge in [0.25, 0.3) is 0 Å². The molecule has 6 nitrogen and oxygen atoms in total. The lowest BCUT2D eigenvalue weighted by molar-refractivity contribution is -0.122. The number of primary sulfonamides is 1. The lowest BCUT2D eigenvalue weighted by atomic mass is 9.92. The quantitative estimate of drug-likeness (QED) is 0.797. The largest absolute Gasteiger partial charge is 0.355 e. The highest BCUT2D eigenvalue weighted by Crippen LogP contribution is 2.20. The van der Waals surface area contributed by atoms with Crippen LogP contribution < -0.4 is 10.5 Å². The van der Waals surface area contributed by atoms with Gasteiger partial charge >= 0.3 is 0 Å². The van der Waals surface area contributed by atoms with Gasteiger partial charge in [0.2, 0.25) is 15.9 Å². The van der Waals surface area contributed by atoms with E-state index in [1.54, 1.807) is 12.1 Å². The van der Waals surface area contributed by atoms with Crippen LogP contribution >= 0.6 is 0 Å². The van der Waals surface area contributed by atoms with Gasteiger partial charge in [-0.1, -0.05) is 26.0 Å². The molecule has 0 saturated carbocycles. The maximum atomic E-state index is 12.1. The predicted octanol–water partition coefficient (Wildman–Crippen LogP) is 0.971. The molecule has 1 aliphatic rings. The zero-order valence-corrected chi connectivity index (χ0v) is 15.2. The summed E-state index contributed by atoms with van der Waals surface area (Å²) in [5, 5.41) is 8.00. The van der Waals surface area contributed by atoms with Crippen LogP contribution in [0.3, 0.4) is 0 Å². The van der Waals surface area contributed by atoms with Crippen molar-refractivity contribution in [2.75, 3.05) is 26.2 Å². The Balaban J connectivity index is 1.74. The number of hydrogen-bond donors (Lipinski definition) is 2. The average Bonchev–Trinajstić information content (AvgIpc) is 2.45. The standard InChI is InChI=1S/C17H27N3O3S/c1-13-9-14(2)11-20(10-13)12-17(21)19-8-7-15-3-5-16(6-4-15)24(18,22)23/h3-6,13-14H,7-12H2,1-2H3,(H,19,21)(H2,18,22,23)/t13-,14-/m0/s1. The van der Waals surface area contributed by atoms with Crippen molar-refractivity contribution in [1.82, 2.24) is 10.2 Å². The zero-order valence-electron chi connectivity index (χ0n) is 14.4. The number of amides is 1. The fourth-order valence-electron chi connectivity index (χ4n) is 3.37. The Morgan fingerprint density at radius 3 is 2.33 bits per heavy atom. The molecule has 3 N–H and O–H groups in total. The second-order valence-electron chi connectivity index (χ2n) is 6.93. The predicted molar refractivity (Wildman–Crippen MR) is 93.9 cm³/mol. The maximum absolute atomic E-state index is 12.1. The van der Waals surface area contributed by atoms with E-state index in [9.17, 15) is 13.2 Å². The Labute approximate surface area is 144 Å². The number of benzene rings is 1. The summed E-state index contributed by atoms with van der Waals surface area (Å²) < 4.78 is 22.4. The van der Waals surface area contributed by atoms with Crippen molar-refractivity contribution in [1.29, 1.82) is 0 Å². The summed E-state index contributed by atoms with van der Waals surface area (Å²) in [5.74, 6) is 1.32. The van der Waals surface area contributed by atoms with Crippen molar-refractivity contribution >= 4 is 15.9 Å². The molecule has 1 heterocycles. The first-order valence-electron chi connectivity index (χ1n) is 8.35. The number of sulfonamides is 1. The first-order valence-corrected chi connectivity index (χ1v) is 9.89. The molecule has 134 valence electrons. The molecule has 1 aromatic rings. The van der Waals surface area contributed by atoms with Crippen LogP contribution in [0.1, 0.15) is 25.8 Å². The summed E-state index contributed by atoms with van der Waals surface area (Å²) >= 11 is 0. The SMILES string of the molecule is C[C@H]1C[C@H](C)CN(CC(=O)NCCc2ccc(S(N)(=O)=O)cc2)C1. The van der Waals surface area contributed by atoms with E-state index in [0.717, 1.165) is 18.7 Å². The lowest BCUT2D eigenvalue weighted by Crippen LogP contribution is -2.44. The van der Waals surface area contributed by atoms with E-state index in [4.69, 9.17) is 5.14 Å². The molecule has 1 aliphatic heterocycles. The third-order valence-electron chi connectivity index (χ3n) is 4.30. The highest BCUT2D eigenvalue weighted by Gasteiger charge is 2.23. The molecule has 2 rings (SSSR count). The van der Waals surface area contributed by atoms with E-state index in [2.05, 4.69) is 24.1 Å². The van der Waals surface area contributed by atoms with E-state index in [1.807, 2.05) is 0 Å². The second kappa shape index (κ2) is 8.09. The van der Waals surface area contributed by atoms with Gasteiger partial charge in [-0.3, -0.25) is 9.69 Å². The molecule has 0 unspecified atom stereocenters. The fourth-order valence-corrected chi connectivity index (χ4v) is 3.89. The summed E-state index contributed by atoms with van der Waals surface area (Å²) in [7, 11) is -3.65. The second-order valence-corrected chi connectivity index (χ2v) is 8.49. The number of hydrogen-bond acceptors (Lipinski definition) is 4. The van der Waals surface area contributed by atoms with Gasteiger partial charge in [-0.05, 0) is 42.4 Å². The fraction of sp³-hybridized carbons (Fsp3) is 0.588. The first-order chi connectivity index (χ1) is 11.2. The molecule has 1 amide bonds. The van der Waals surface area contributed by atoms with Crippen molar-refractivity contribution in [2.24, 2.45) is 17.0 Å². The smallest absolute Gasteiger partial charge is 0.238 e. The van der Waals surface area contributed by atoms with Gasteiger partial charge in [0.15, 0.2) is 0 Å². The molecule has 2 atom stereocenters. The van der Waals surface area contributed by atoms with Gasteiger partial charge < -0.3 is 5.32 Å². The number of carbonyl (C=O) groups excluding carboxylic acids is 1. The molecule has 1 saturated heterocycles. The Hall–Kier alpha value is -1.44. The Bertz CT molecular complexity index is 648. The summed E-state index contributed by atoms with van der Waals surface area (Å²) in [6, 6.07) is 6.42. The number of carbonyl (C=O) groups is 1. The van der Waals surface area contributed by atoms with Gasteiger partial charge in [0.1, 0.15) is 0 Å². The third kappa shape index (κ3) is 5.89. The maximum Gasteiger partial charge on any atom is 0.238 e. The lowest BCUT2D eigenvalue weighted by Gasteiger charge is -2.34. The summed E-state index contributed by atoms with van der Waals surface area (Å²) in [4.78, 5) is 14.4. The van der Waals surface area contributed by atoms with Gasteiger partial charge in [0.05, 0.1) is 11.4 Å². The minimum Gasteiger partial charge on any atom is -0.355 e. The van der Waals surface area contributed by atoms with Crippen LogP contribution in [0.25, 0.3) is 0 Å². The van der Waals surface area contributed by atoms with E-state index < -0.39 is 10.0 Å². The van der Waals surface area contributed by atoms with Crippen LogP contribution in [-0.4, -0.2) is 45.4 Å². The Morgan fingerprint density at radius 1 is 1.21 bits per heavy atom. The average molecular weight is 353 g/mol. The van der Waals surface area contributed by atoms with Crippen molar-refractivity contribution in [3.05, 3.63) is 29.8 Å². The summed E-state index contributed by atoms with van der Waals surface area (Å²) in [5.41, 5.74) is 0.961. The monoisotopic (exact) mass is 353 g/mol. The van der Waals surface area contributed by atoms with Crippen molar-refractivity contribution in [2.45, 2.75) is 31.6 Å². The highest BCUT2D eigenvalue weighted by molar-refractivity contribution is 7.89. The van der Waals surface area contributed by atoms with Crippen LogP contribution in [0.2, 0.25) is 0 Å². The molecule has 7 heteroatoms. The molecular formula is C17H27N3O3S. The van der Waals surface area contributed by atoms with Crippen LogP contribution in [0, 0.1) is 11.8 Å². The van der Waals surface area contributed by atoms with E-state index in [0.29, 0.717) is 31.3 Å². The van der Waals surface area contributed by atoms with Crippen molar-refractivity contribution in [3.63, 3.8) is 0 Å². The van der Waals surface area contributed by atoms with E-state index >= 15 is 0 Å². The highest BCUT2D eigenvalue weighted by atomic mass is 32.2. The molecule has 0 aliphatic carbocycles. The third-order valence-corrected chi connectivity index (χ3v) is 5.23. The number of nitrogens with zero attached hydrogens (tertiary/aromatic N) is 1. The minimum atomic E-state index is -3.65. The van der Waals surface area contributed by atoms with Gasteiger partial charge in [-0.15, -0.1) is 0 Å². The van der Waals surface area contributed by atoms with Gasteiger partial charge in [-0.25, -0.2) is 13.6 Å². The number of likely N-dealkylation sites (tertiary alicyclic amines) is 1. The minimum absolute atomic E-state index is 0.0393. The molecule has 0 radical (unpaired) electrons. The number of nitrogens with one attached hydrogen (secondary N) is 1. The number of nitrogens with two attached hydrogens (primary N) is 1. The molecule has 24 heavy (non-hydrogen) atoms. The topological polar surface area (TPSA) is 92.5 Å². The normalized spacial score (nSPS) is 22.3. The van der Waals surface area contributed by atoms with Crippen LogP contribution in [0.5, 0.6) is 0 Å². The van der Waals surface area contributed by atoms with Crippen LogP contribution in [-0.2, 0) is 21.2 Å². The molecule has 0 spiro atoms. The molecule has 1 aromatic carbocycles. The molecule has 1 fully saturated rings. The van der Waals surface area contributed by atoms with Crippen LogP contribution in [0.15, 0.2) is 29.2 Å².